The van der Waals surface area contributed by atoms with Crippen molar-refractivity contribution in [2.45, 2.75) is 69.6 Å². The smallest absolute Gasteiger partial charge is 0.270 e. The van der Waals surface area contributed by atoms with Crippen LogP contribution in [0.2, 0.25) is 0 Å². The molecule has 2 atom stereocenters. The summed E-state index contributed by atoms with van der Waals surface area (Å²) in [5, 5.41) is 23.2. The van der Waals surface area contributed by atoms with Gasteiger partial charge in [0.05, 0.1) is 23.9 Å². The van der Waals surface area contributed by atoms with Crippen LogP contribution in [0.3, 0.4) is 0 Å². The Morgan fingerprint density at radius 1 is 1.18 bits per heavy atom. The van der Waals surface area contributed by atoms with Gasteiger partial charge in [-0.2, -0.15) is 5.26 Å². The van der Waals surface area contributed by atoms with Gasteiger partial charge in [-0.25, -0.2) is 13.8 Å². The predicted molar refractivity (Wildman–Crippen MR) is 138 cm³/mol. The molecule has 0 unspecified atom stereocenters. The number of hydrogen-bond donors (Lipinski definition) is 2. The Kier molecular flexibility index (Phi) is 7.37. The number of benzene rings is 1. The number of aromatic nitrogens is 2. The molecule has 2 aromatic heterocycles. The van der Waals surface area contributed by atoms with Crippen LogP contribution in [0.25, 0.3) is 10.9 Å². The number of aliphatic hydroxyl groups excluding tert-OH is 1. The highest BCUT2D eigenvalue weighted by atomic mass is 19.1. The number of carbonyl (C=O) groups is 1. The van der Waals surface area contributed by atoms with E-state index in [4.69, 9.17) is 0 Å². The highest BCUT2D eigenvalue weighted by molar-refractivity contribution is 5.96. The molecule has 0 spiro atoms. The van der Waals surface area contributed by atoms with E-state index < -0.39 is 35.1 Å². The lowest BCUT2D eigenvalue weighted by Crippen LogP contribution is -2.45. The van der Waals surface area contributed by atoms with Crippen molar-refractivity contribution in [3.63, 3.8) is 0 Å². The summed E-state index contributed by atoms with van der Waals surface area (Å²) >= 11 is 0. The van der Waals surface area contributed by atoms with E-state index in [1.165, 1.54) is 6.07 Å². The molecule has 3 heterocycles. The van der Waals surface area contributed by atoms with E-state index in [0.29, 0.717) is 44.3 Å². The Morgan fingerprint density at radius 3 is 2.63 bits per heavy atom. The van der Waals surface area contributed by atoms with E-state index in [1.807, 2.05) is 19.1 Å². The Morgan fingerprint density at radius 2 is 1.92 bits per heavy atom. The number of rotatable bonds is 5. The topological polar surface area (TPSA) is 102 Å². The molecule has 1 aliphatic carbocycles. The quantitative estimate of drug-likeness (QED) is 0.521. The monoisotopic (exact) mass is 519 g/mol. The minimum Gasteiger partial charge on any atom is -0.391 e. The third-order valence-corrected chi connectivity index (χ3v) is 7.94. The number of likely N-dealkylation sites (tertiary alicyclic amines) is 1. The van der Waals surface area contributed by atoms with Crippen molar-refractivity contribution in [1.29, 1.82) is 5.26 Å². The third-order valence-electron chi connectivity index (χ3n) is 7.94. The van der Waals surface area contributed by atoms with Crippen LogP contribution in [-0.2, 0) is 12.0 Å². The van der Waals surface area contributed by atoms with Crippen LogP contribution in [0, 0.1) is 29.9 Å². The van der Waals surface area contributed by atoms with Gasteiger partial charge in [0.2, 0.25) is 0 Å². The molecule has 38 heavy (non-hydrogen) atoms. The number of hydrogen-bond acceptors (Lipinski definition) is 6. The number of amides is 1. The minimum atomic E-state index is -0.706. The maximum atomic E-state index is 15.0. The summed E-state index contributed by atoms with van der Waals surface area (Å²) in [6, 6.07) is 9.52. The van der Waals surface area contributed by atoms with Crippen LogP contribution in [0.15, 0.2) is 36.5 Å². The first-order valence-corrected chi connectivity index (χ1v) is 13.1. The number of pyridine rings is 2. The van der Waals surface area contributed by atoms with Crippen LogP contribution in [0.5, 0.6) is 0 Å². The van der Waals surface area contributed by atoms with Crippen molar-refractivity contribution in [3.05, 3.63) is 70.7 Å². The lowest BCUT2D eigenvalue weighted by Gasteiger charge is -2.37. The van der Waals surface area contributed by atoms with Crippen molar-refractivity contribution in [1.82, 2.24) is 20.2 Å². The molecule has 2 N–H and O–H groups in total. The van der Waals surface area contributed by atoms with E-state index in [1.54, 1.807) is 6.20 Å². The molecular weight excluding hydrogens is 488 g/mol. The number of halogens is 2. The van der Waals surface area contributed by atoms with Crippen LogP contribution in [0.1, 0.15) is 65.8 Å². The zero-order valence-electron chi connectivity index (χ0n) is 21.4. The normalized spacial score (nSPS) is 21.7. The summed E-state index contributed by atoms with van der Waals surface area (Å²) in [6.07, 6.45) is 5.24. The number of carbonyl (C=O) groups excluding carboxylic acids is 1. The van der Waals surface area contributed by atoms with Crippen molar-refractivity contribution >= 4 is 16.8 Å². The number of piperidine rings is 1. The Labute approximate surface area is 220 Å². The molecule has 9 heteroatoms. The van der Waals surface area contributed by atoms with Gasteiger partial charge in [-0.1, -0.05) is 12.8 Å². The molecule has 1 saturated carbocycles. The van der Waals surface area contributed by atoms with Crippen LogP contribution in [-0.4, -0.2) is 51.1 Å². The standard InChI is InChI=1S/C29H31F2N5O2/c1-18-8-11-33-25(14-18)29(17-32)9-12-36(13-10-29)16-19-15-23(28(38)35-22-4-2-3-5-24(22)37)34-27-21(31)7-6-20(30)26(19)27/h6-8,11,14-15,22,24,37H,2-5,9-10,12-13,16H2,1H3,(H,35,38)/t22-,24-/m0/s1. The summed E-state index contributed by atoms with van der Waals surface area (Å²) in [6.45, 7) is 3.35. The van der Waals surface area contributed by atoms with Crippen molar-refractivity contribution in [2.75, 3.05) is 13.1 Å². The van der Waals surface area contributed by atoms with Gasteiger partial charge in [-0.05, 0) is 74.1 Å². The largest absolute Gasteiger partial charge is 0.391 e. The first-order chi connectivity index (χ1) is 18.3. The Hall–Kier alpha value is -3.48. The molecule has 1 aromatic carbocycles. The van der Waals surface area contributed by atoms with E-state index >= 15 is 0 Å². The molecule has 0 radical (unpaired) electrons. The molecule has 3 aromatic rings. The van der Waals surface area contributed by atoms with Crippen LogP contribution >= 0.6 is 0 Å². The molecule has 5 rings (SSSR count). The molecule has 2 aliphatic rings. The van der Waals surface area contributed by atoms with Gasteiger partial charge < -0.3 is 10.4 Å². The predicted octanol–water partition coefficient (Wildman–Crippen LogP) is 4.31. The van der Waals surface area contributed by atoms with Crippen LogP contribution in [0.4, 0.5) is 8.78 Å². The number of nitrogens with zero attached hydrogens (tertiary/aromatic N) is 4. The first-order valence-electron chi connectivity index (χ1n) is 13.1. The van der Waals surface area contributed by atoms with Crippen LogP contribution < -0.4 is 5.32 Å². The fraction of sp³-hybridized carbons (Fsp3) is 0.448. The van der Waals surface area contributed by atoms with Gasteiger partial charge >= 0.3 is 0 Å². The summed E-state index contributed by atoms with van der Waals surface area (Å²) in [4.78, 5) is 23.8. The van der Waals surface area contributed by atoms with E-state index in [0.717, 1.165) is 36.2 Å². The third kappa shape index (κ3) is 5.11. The minimum absolute atomic E-state index is 0.0119. The van der Waals surface area contributed by atoms with Gasteiger partial charge in [-0.15, -0.1) is 0 Å². The van der Waals surface area contributed by atoms with E-state index in [2.05, 4.69) is 26.3 Å². The first kappa shape index (κ1) is 26.1. The Bertz CT molecular complexity index is 1400. The van der Waals surface area contributed by atoms with E-state index in [-0.39, 0.29) is 23.1 Å². The zero-order chi connectivity index (χ0) is 26.9. The fourth-order valence-corrected chi connectivity index (χ4v) is 5.67. The summed E-state index contributed by atoms with van der Waals surface area (Å²) in [7, 11) is 0. The number of nitriles is 1. The van der Waals surface area contributed by atoms with Crippen molar-refractivity contribution < 1.29 is 18.7 Å². The molecule has 2 fully saturated rings. The average molecular weight is 520 g/mol. The molecule has 198 valence electrons. The second kappa shape index (κ2) is 10.7. The lowest BCUT2D eigenvalue weighted by molar-refractivity contribution is 0.0714. The molecule has 1 aliphatic heterocycles. The summed E-state index contributed by atoms with van der Waals surface area (Å²) < 4.78 is 29.8. The summed E-state index contributed by atoms with van der Waals surface area (Å²) in [5.41, 5.74) is 1.35. The second-order valence-electron chi connectivity index (χ2n) is 10.5. The maximum Gasteiger partial charge on any atom is 0.270 e. The van der Waals surface area contributed by atoms with Gasteiger partial charge in [0.25, 0.3) is 5.91 Å². The zero-order valence-corrected chi connectivity index (χ0v) is 21.4. The van der Waals surface area contributed by atoms with Crippen molar-refractivity contribution in [3.8, 4) is 6.07 Å². The molecule has 1 saturated heterocycles. The highest BCUT2D eigenvalue weighted by Gasteiger charge is 2.38. The van der Waals surface area contributed by atoms with Gasteiger partial charge in [0.1, 0.15) is 28.3 Å². The van der Waals surface area contributed by atoms with Gasteiger partial charge in [-0.3, -0.25) is 14.7 Å². The maximum absolute atomic E-state index is 15.0. The van der Waals surface area contributed by atoms with Crippen molar-refractivity contribution in [2.24, 2.45) is 0 Å². The molecule has 7 nitrogen and oxygen atoms in total. The molecule has 1 amide bonds. The van der Waals surface area contributed by atoms with Gasteiger partial charge in [0.15, 0.2) is 0 Å². The number of nitrogens with one attached hydrogen (secondary N) is 1. The Balaban J connectivity index is 1.41. The summed E-state index contributed by atoms with van der Waals surface area (Å²) in [5.74, 6) is -1.83. The number of aliphatic hydroxyl groups is 1. The SMILES string of the molecule is Cc1ccnc(C2(C#N)CCN(Cc3cc(C(=O)N[C@H]4CCCC[C@@H]4O)nc4c(F)ccc(F)c34)CC2)c1. The lowest BCUT2D eigenvalue weighted by atomic mass is 9.76. The number of fused-ring (bicyclic) bond motifs is 1. The second-order valence-corrected chi connectivity index (χ2v) is 10.5. The molecule has 0 bridgehead atoms. The molecular formula is C29H31F2N5O2. The average Bonchev–Trinajstić information content (AvgIpc) is 2.92. The fourth-order valence-electron chi connectivity index (χ4n) is 5.67. The van der Waals surface area contributed by atoms with E-state index in [9.17, 15) is 23.9 Å². The van der Waals surface area contributed by atoms with Gasteiger partial charge in [0, 0.05) is 31.2 Å². The highest BCUT2D eigenvalue weighted by Crippen LogP contribution is 2.35. The number of aryl methyl sites for hydroxylation is 1.